The average molecular weight is 506 g/mol. The molecular weight excluding hydrogens is 477 g/mol. The fraction of sp³-hybridized carbons (Fsp3) is 0.321. The Kier molecular flexibility index (Phi) is 6.83. The number of ketones is 1. The van der Waals surface area contributed by atoms with Crippen LogP contribution in [0.1, 0.15) is 50.1 Å². The van der Waals surface area contributed by atoms with E-state index in [4.69, 9.17) is 4.74 Å². The van der Waals surface area contributed by atoms with Crippen LogP contribution < -0.4 is 5.32 Å². The number of amides is 1. The number of nitrogens with zero attached hydrogens (tertiary/aromatic N) is 2. The van der Waals surface area contributed by atoms with Gasteiger partial charge in [0.2, 0.25) is 0 Å². The van der Waals surface area contributed by atoms with E-state index in [0.717, 1.165) is 44.2 Å². The minimum Gasteiger partial charge on any atom is -0.380 e. The number of anilines is 1. The molecule has 0 aliphatic carbocycles. The zero-order chi connectivity index (χ0) is 25.4. The van der Waals surface area contributed by atoms with Crippen molar-refractivity contribution in [1.29, 1.82) is 0 Å². The van der Waals surface area contributed by atoms with Gasteiger partial charge in [-0.3, -0.25) is 14.5 Å². The molecule has 36 heavy (non-hydrogen) atoms. The summed E-state index contributed by atoms with van der Waals surface area (Å²) < 4.78 is 19.7. The third-order valence-corrected chi connectivity index (χ3v) is 8.05. The van der Waals surface area contributed by atoms with E-state index in [0.29, 0.717) is 42.4 Å². The van der Waals surface area contributed by atoms with Crippen molar-refractivity contribution in [3.05, 3.63) is 69.6 Å². The van der Waals surface area contributed by atoms with E-state index >= 15 is 0 Å². The van der Waals surface area contributed by atoms with Crippen LogP contribution in [0, 0.1) is 6.92 Å². The van der Waals surface area contributed by atoms with Crippen LogP contribution in [-0.4, -0.2) is 47.9 Å². The molecule has 186 valence electrons. The number of Topliss-reactive ketones (excluding diaryl/α,β-unsaturated/α-hetero) is 1. The number of hydrogen-bond acceptors (Lipinski definition) is 6. The van der Waals surface area contributed by atoms with Gasteiger partial charge < -0.3 is 10.1 Å². The molecule has 8 heteroatoms. The highest BCUT2D eigenvalue weighted by atomic mass is 32.1. The number of thiophene rings is 1. The molecule has 0 bridgehead atoms. The monoisotopic (exact) mass is 505 g/mol. The Labute approximate surface area is 213 Å². The number of ether oxygens (including phenoxy) is 1. The molecule has 4 aromatic rings. The van der Waals surface area contributed by atoms with Crippen LogP contribution in [0.4, 0.5) is 10.2 Å². The Balaban J connectivity index is 1.44. The third kappa shape index (κ3) is 4.64. The number of aromatic nitrogens is 1. The number of pyridine rings is 1. The lowest BCUT2D eigenvalue weighted by atomic mass is 10.0. The van der Waals surface area contributed by atoms with E-state index in [2.05, 4.69) is 15.2 Å². The Morgan fingerprint density at radius 1 is 1.19 bits per heavy atom. The predicted octanol–water partition coefficient (Wildman–Crippen LogP) is 5.90. The van der Waals surface area contributed by atoms with Gasteiger partial charge in [0.25, 0.3) is 5.91 Å². The van der Waals surface area contributed by atoms with Gasteiger partial charge >= 0.3 is 0 Å². The van der Waals surface area contributed by atoms with Gasteiger partial charge in [-0.15, -0.1) is 11.3 Å². The van der Waals surface area contributed by atoms with Crippen LogP contribution in [0.15, 0.2) is 42.5 Å². The van der Waals surface area contributed by atoms with Gasteiger partial charge in [0.05, 0.1) is 17.0 Å². The van der Waals surface area contributed by atoms with Crippen molar-refractivity contribution < 1.29 is 18.7 Å². The van der Waals surface area contributed by atoms with Crippen LogP contribution in [-0.2, 0) is 17.9 Å². The number of likely N-dealkylation sites (tertiary alicyclic amines) is 1. The van der Waals surface area contributed by atoms with Gasteiger partial charge in [-0.2, -0.15) is 0 Å². The Hall–Kier alpha value is -3.20. The van der Waals surface area contributed by atoms with Crippen LogP contribution in [0.5, 0.6) is 0 Å². The van der Waals surface area contributed by atoms with Crippen LogP contribution >= 0.6 is 11.3 Å². The van der Waals surface area contributed by atoms with E-state index in [1.807, 2.05) is 37.3 Å². The molecule has 1 aliphatic heterocycles. The number of hydrogen-bond donors (Lipinski definition) is 1. The van der Waals surface area contributed by atoms with Gasteiger partial charge in [-0.1, -0.05) is 18.2 Å². The SMILES string of the molecule is COCc1ccc(C(C)=O)c2sc(C(=O)Nc3ccc4c(CN5CC[C@@H](F)C5)cccc4n3)c(C)c12. The standard InChI is InChI=1S/C28H28FN3O3S/c1-16-25-19(15-35-3)7-8-21(17(2)33)27(25)36-26(16)28(34)31-24-10-9-22-18(5-4-6-23(22)30-24)13-32-12-11-20(29)14-32/h4-10,20H,11-15H2,1-3H3,(H,30,31,34)/t20-/m1/s1. The summed E-state index contributed by atoms with van der Waals surface area (Å²) in [6.07, 6.45) is -0.175. The maximum Gasteiger partial charge on any atom is 0.267 e. The second-order valence-electron chi connectivity index (χ2n) is 9.28. The van der Waals surface area contributed by atoms with Crippen molar-refractivity contribution in [3.8, 4) is 0 Å². The fourth-order valence-corrected chi connectivity index (χ4v) is 6.28. The second-order valence-corrected chi connectivity index (χ2v) is 10.3. The van der Waals surface area contributed by atoms with Crippen molar-refractivity contribution in [2.45, 2.75) is 39.6 Å². The molecule has 2 aromatic carbocycles. The first-order valence-electron chi connectivity index (χ1n) is 12.0. The van der Waals surface area contributed by atoms with E-state index in [-0.39, 0.29) is 11.7 Å². The number of benzene rings is 2. The van der Waals surface area contributed by atoms with Crippen molar-refractivity contribution >= 4 is 49.8 Å². The lowest BCUT2D eigenvalue weighted by Crippen LogP contribution is -2.20. The summed E-state index contributed by atoms with van der Waals surface area (Å²) in [5, 5.41) is 4.82. The van der Waals surface area contributed by atoms with Crippen molar-refractivity contribution in [2.24, 2.45) is 0 Å². The zero-order valence-corrected chi connectivity index (χ0v) is 21.4. The van der Waals surface area contributed by atoms with Gasteiger partial charge in [-0.25, -0.2) is 9.37 Å². The zero-order valence-electron chi connectivity index (χ0n) is 20.6. The lowest BCUT2D eigenvalue weighted by molar-refractivity contribution is 0.101. The first-order chi connectivity index (χ1) is 17.4. The maximum absolute atomic E-state index is 13.6. The quantitative estimate of drug-likeness (QED) is 0.317. The van der Waals surface area contributed by atoms with Gasteiger partial charge in [0, 0.05) is 47.8 Å². The number of fused-ring (bicyclic) bond motifs is 2. The molecule has 1 atom stereocenters. The first kappa shape index (κ1) is 24.5. The van der Waals surface area contributed by atoms with Gasteiger partial charge in [0.1, 0.15) is 12.0 Å². The molecule has 1 saturated heterocycles. The maximum atomic E-state index is 13.6. The molecule has 1 fully saturated rings. The third-order valence-electron chi connectivity index (χ3n) is 6.72. The van der Waals surface area contributed by atoms with Crippen LogP contribution in [0.25, 0.3) is 21.0 Å². The number of nitrogens with one attached hydrogen (secondary N) is 1. The number of carbonyl (C=O) groups excluding carboxylic acids is 2. The summed E-state index contributed by atoms with van der Waals surface area (Å²) >= 11 is 1.32. The summed E-state index contributed by atoms with van der Waals surface area (Å²) in [6, 6.07) is 13.3. The lowest BCUT2D eigenvalue weighted by Gasteiger charge is -2.16. The van der Waals surface area contributed by atoms with Gasteiger partial charge in [0.15, 0.2) is 5.78 Å². The average Bonchev–Trinajstić information content (AvgIpc) is 3.42. The highest BCUT2D eigenvalue weighted by molar-refractivity contribution is 7.21. The summed E-state index contributed by atoms with van der Waals surface area (Å²) in [4.78, 5) is 32.9. The number of rotatable bonds is 7. The van der Waals surface area contributed by atoms with Gasteiger partial charge in [-0.05, 0) is 61.2 Å². The van der Waals surface area contributed by atoms with E-state index < -0.39 is 6.17 Å². The summed E-state index contributed by atoms with van der Waals surface area (Å²) in [5.41, 5.74) is 4.23. The Morgan fingerprint density at radius 3 is 2.75 bits per heavy atom. The predicted molar refractivity (Wildman–Crippen MR) is 142 cm³/mol. The van der Waals surface area contributed by atoms with Crippen molar-refractivity contribution in [1.82, 2.24) is 9.88 Å². The normalized spacial score (nSPS) is 16.2. The molecule has 6 nitrogen and oxygen atoms in total. The summed E-state index contributed by atoms with van der Waals surface area (Å²) in [5.74, 6) is 0.149. The second kappa shape index (κ2) is 10.0. The van der Waals surface area contributed by atoms with E-state index in [1.54, 1.807) is 19.2 Å². The molecule has 2 aromatic heterocycles. The number of alkyl halides is 1. The smallest absolute Gasteiger partial charge is 0.267 e. The highest BCUT2D eigenvalue weighted by Crippen LogP contribution is 2.37. The van der Waals surface area contributed by atoms with Crippen LogP contribution in [0.2, 0.25) is 0 Å². The molecule has 0 unspecified atom stereocenters. The van der Waals surface area contributed by atoms with Crippen molar-refractivity contribution in [2.75, 3.05) is 25.5 Å². The Bertz CT molecular complexity index is 1480. The molecule has 1 N–H and O–H groups in total. The number of carbonyl (C=O) groups is 2. The molecule has 0 spiro atoms. The van der Waals surface area contributed by atoms with Crippen molar-refractivity contribution in [3.63, 3.8) is 0 Å². The molecule has 3 heterocycles. The molecular formula is C28H28FN3O3S. The Morgan fingerprint density at radius 2 is 2.03 bits per heavy atom. The number of aryl methyl sites for hydroxylation is 1. The molecule has 1 amide bonds. The molecule has 5 rings (SSSR count). The summed E-state index contributed by atoms with van der Waals surface area (Å²) in [6.45, 7) is 5.72. The minimum absolute atomic E-state index is 0.0415. The van der Waals surface area contributed by atoms with E-state index in [1.165, 1.54) is 18.3 Å². The molecule has 0 saturated carbocycles. The topological polar surface area (TPSA) is 71.5 Å². The number of halogens is 1. The fourth-order valence-electron chi connectivity index (χ4n) is 4.97. The highest BCUT2D eigenvalue weighted by Gasteiger charge is 2.23. The van der Waals surface area contributed by atoms with Crippen LogP contribution in [0.3, 0.4) is 0 Å². The summed E-state index contributed by atoms with van der Waals surface area (Å²) in [7, 11) is 1.62. The largest absolute Gasteiger partial charge is 0.380 e. The minimum atomic E-state index is -0.755. The number of methoxy groups -OCH3 is 1. The first-order valence-corrected chi connectivity index (χ1v) is 12.8. The van der Waals surface area contributed by atoms with E-state index in [9.17, 15) is 14.0 Å². The molecule has 0 radical (unpaired) electrons. The molecule has 1 aliphatic rings.